The van der Waals surface area contributed by atoms with Crippen LogP contribution in [0.2, 0.25) is 0 Å². The SMILES string of the molecule is CCCNC(=O)[C@@H](C)Sc1nc(-c2ccccc2)cc(C(F)(F)F)n1. The predicted molar refractivity (Wildman–Crippen MR) is 91.1 cm³/mol. The van der Waals surface area contributed by atoms with Gasteiger partial charge >= 0.3 is 6.18 Å². The first-order chi connectivity index (χ1) is 11.8. The molecule has 8 heteroatoms. The molecule has 0 aliphatic rings. The van der Waals surface area contributed by atoms with Crippen molar-refractivity contribution in [1.29, 1.82) is 0 Å². The Kier molecular flexibility index (Phi) is 6.41. The molecule has 0 spiro atoms. The third-order valence-electron chi connectivity index (χ3n) is 3.27. The smallest absolute Gasteiger partial charge is 0.355 e. The summed E-state index contributed by atoms with van der Waals surface area (Å²) in [5.41, 5.74) is -0.294. The summed E-state index contributed by atoms with van der Waals surface area (Å²) in [5.74, 6) is -0.255. The first-order valence-electron chi connectivity index (χ1n) is 7.77. The van der Waals surface area contributed by atoms with Gasteiger partial charge < -0.3 is 5.32 Å². The van der Waals surface area contributed by atoms with Crippen LogP contribution < -0.4 is 5.32 Å². The summed E-state index contributed by atoms with van der Waals surface area (Å²) in [6, 6.07) is 9.48. The Morgan fingerprint density at radius 2 is 1.92 bits per heavy atom. The maximum atomic E-state index is 13.1. The molecule has 2 aromatic rings. The first kappa shape index (κ1) is 19.2. The molecule has 0 saturated carbocycles. The third kappa shape index (κ3) is 5.45. The third-order valence-corrected chi connectivity index (χ3v) is 4.23. The topological polar surface area (TPSA) is 54.9 Å². The fourth-order valence-electron chi connectivity index (χ4n) is 1.98. The fourth-order valence-corrected chi connectivity index (χ4v) is 2.79. The number of alkyl halides is 3. The minimum absolute atomic E-state index is 0.0761. The average Bonchev–Trinajstić information content (AvgIpc) is 2.59. The molecule has 2 rings (SSSR count). The minimum atomic E-state index is -4.59. The molecule has 1 N–H and O–H groups in total. The van der Waals surface area contributed by atoms with Crippen LogP contribution in [0.1, 0.15) is 26.0 Å². The molecule has 1 amide bonds. The predicted octanol–water partition coefficient (Wildman–Crippen LogP) is 4.17. The van der Waals surface area contributed by atoms with Crippen LogP contribution >= 0.6 is 11.8 Å². The van der Waals surface area contributed by atoms with Crippen molar-refractivity contribution in [1.82, 2.24) is 15.3 Å². The lowest BCUT2D eigenvalue weighted by atomic mass is 10.1. The second kappa shape index (κ2) is 8.33. The van der Waals surface area contributed by atoms with Gasteiger partial charge in [0.2, 0.25) is 5.91 Å². The summed E-state index contributed by atoms with van der Waals surface area (Å²) in [7, 11) is 0. The van der Waals surface area contributed by atoms with E-state index in [1.807, 2.05) is 6.92 Å². The average molecular weight is 369 g/mol. The molecule has 1 aromatic heterocycles. The van der Waals surface area contributed by atoms with Crippen LogP contribution in [0, 0.1) is 0 Å². The second-order valence-electron chi connectivity index (χ2n) is 5.34. The number of hydrogen-bond acceptors (Lipinski definition) is 4. The van der Waals surface area contributed by atoms with Gasteiger partial charge in [-0.15, -0.1) is 0 Å². The normalized spacial score (nSPS) is 12.7. The molecule has 1 atom stereocenters. The number of thioether (sulfide) groups is 1. The van der Waals surface area contributed by atoms with Crippen LogP contribution in [-0.2, 0) is 11.0 Å². The highest BCUT2D eigenvalue weighted by Gasteiger charge is 2.34. The highest BCUT2D eigenvalue weighted by molar-refractivity contribution is 8.00. The van der Waals surface area contributed by atoms with Crippen molar-refractivity contribution in [3.8, 4) is 11.3 Å². The number of carbonyl (C=O) groups is 1. The van der Waals surface area contributed by atoms with E-state index >= 15 is 0 Å². The number of nitrogens with zero attached hydrogens (tertiary/aromatic N) is 2. The molecule has 0 fully saturated rings. The lowest BCUT2D eigenvalue weighted by Gasteiger charge is -2.13. The molecule has 25 heavy (non-hydrogen) atoms. The first-order valence-corrected chi connectivity index (χ1v) is 8.65. The zero-order chi connectivity index (χ0) is 18.4. The van der Waals surface area contributed by atoms with E-state index < -0.39 is 17.1 Å². The number of halogens is 3. The van der Waals surface area contributed by atoms with E-state index in [1.54, 1.807) is 37.3 Å². The Hall–Kier alpha value is -2.09. The zero-order valence-electron chi connectivity index (χ0n) is 13.8. The van der Waals surface area contributed by atoms with Crippen LogP contribution in [0.25, 0.3) is 11.3 Å². The van der Waals surface area contributed by atoms with Gasteiger partial charge in [-0.1, -0.05) is 49.0 Å². The summed E-state index contributed by atoms with van der Waals surface area (Å²) < 4.78 is 39.4. The second-order valence-corrected chi connectivity index (χ2v) is 6.64. The monoisotopic (exact) mass is 369 g/mol. The largest absolute Gasteiger partial charge is 0.433 e. The van der Waals surface area contributed by atoms with Crippen molar-refractivity contribution in [2.75, 3.05) is 6.54 Å². The Morgan fingerprint density at radius 3 is 2.52 bits per heavy atom. The highest BCUT2D eigenvalue weighted by Crippen LogP contribution is 2.32. The van der Waals surface area contributed by atoms with Crippen molar-refractivity contribution < 1.29 is 18.0 Å². The Balaban J connectivity index is 2.32. The molecule has 1 aromatic carbocycles. The van der Waals surface area contributed by atoms with Gasteiger partial charge in [-0.05, 0) is 19.4 Å². The van der Waals surface area contributed by atoms with Crippen LogP contribution in [0.3, 0.4) is 0 Å². The van der Waals surface area contributed by atoms with Gasteiger partial charge in [-0.2, -0.15) is 13.2 Å². The molecule has 0 unspecified atom stereocenters. The summed E-state index contributed by atoms with van der Waals surface area (Å²) in [6.45, 7) is 4.05. The lowest BCUT2D eigenvalue weighted by Crippen LogP contribution is -2.31. The zero-order valence-corrected chi connectivity index (χ0v) is 14.6. The number of carbonyl (C=O) groups excluding carboxylic acids is 1. The maximum Gasteiger partial charge on any atom is 0.433 e. The molecular weight excluding hydrogens is 351 g/mol. The molecule has 1 heterocycles. The highest BCUT2D eigenvalue weighted by atomic mass is 32.2. The van der Waals surface area contributed by atoms with E-state index in [4.69, 9.17) is 0 Å². The Bertz CT molecular complexity index is 723. The van der Waals surface area contributed by atoms with E-state index in [-0.39, 0.29) is 16.8 Å². The lowest BCUT2D eigenvalue weighted by molar-refractivity contribution is -0.141. The number of hydrogen-bond donors (Lipinski definition) is 1. The van der Waals surface area contributed by atoms with Crippen LogP contribution in [-0.4, -0.2) is 27.7 Å². The van der Waals surface area contributed by atoms with Gasteiger partial charge in [0, 0.05) is 12.1 Å². The molecule has 0 aliphatic carbocycles. The summed E-state index contributed by atoms with van der Waals surface area (Å²) in [4.78, 5) is 19.7. The number of nitrogens with one attached hydrogen (secondary N) is 1. The summed E-state index contributed by atoms with van der Waals surface area (Å²) >= 11 is 0.907. The van der Waals surface area contributed by atoms with Crippen molar-refractivity contribution in [3.05, 3.63) is 42.1 Å². The van der Waals surface area contributed by atoms with Crippen molar-refractivity contribution >= 4 is 17.7 Å². The van der Waals surface area contributed by atoms with Gasteiger partial charge in [-0.3, -0.25) is 4.79 Å². The van der Waals surface area contributed by atoms with Gasteiger partial charge in [0.05, 0.1) is 10.9 Å². The Morgan fingerprint density at radius 1 is 1.24 bits per heavy atom. The fraction of sp³-hybridized carbons (Fsp3) is 0.353. The summed E-state index contributed by atoms with van der Waals surface area (Å²) in [5, 5.41) is 2.03. The van der Waals surface area contributed by atoms with Crippen molar-refractivity contribution in [2.24, 2.45) is 0 Å². The number of amides is 1. The van der Waals surface area contributed by atoms with Crippen LogP contribution in [0.4, 0.5) is 13.2 Å². The van der Waals surface area contributed by atoms with E-state index in [9.17, 15) is 18.0 Å². The number of rotatable bonds is 6. The van der Waals surface area contributed by atoms with Crippen LogP contribution in [0.15, 0.2) is 41.6 Å². The van der Waals surface area contributed by atoms with Gasteiger partial charge in [0.1, 0.15) is 5.69 Å². The van der Waals surface area contributed by atoms with Crippen LogP contribution in [0.5, 0.6) is 0 Å². The van der Waals surface area contributed by atoms with Gasteiger partial charge in [0.25, 0.3) is 0 Å². The molecule has 4 nitrogen and oxygen atoms in total. The van der Waals surface area contributed by atoms with Crippen molar-refractivity contribution in [2.45, 2.75) is 36.9 Å². The molecule has 0 aliphatic heterocycles. The number of aromatic nitrogens is 2. The standard InChI is InChI=1S/C17H18F3N3OS/c1-3-9-21-15(24)11(2)25-16-22-13(12-7-5-4-6-8-12)10-14(23-16)17(18,19)20/h4-8,10-11H,3,9H2,1-2H3,(H,21,24)/t11-/m1/s1. The minimum Gasteiger partial charge on any atom is -0.355 e. The molecule has 0 saturated heterocycles. The van der Waals surface area contributed by atoms with E-state index in [0.717, 1.165) is 24.2 Å². The molecule has 0 radical (unpaired) electrons. The quantitative estimate of drug-likeness (QED) is 0.613. The van der Waals surface area contributed by atoms with Gasteiger partial charge in [-0.25, -0.2) is 9.97 Å². The van der Waals surface area contributed by atoms with E-state index in [2.05, 4.69) is 15.3 Å². The van der Waals surface area contributed by atoms with Crippen molar-refractivity contribution in [3.63, 3.8) is 0 Å². The molecule has 0 bridgehead atoms. The van der Waals surface area contributed by atoms with Gasteiger partial charge in [0.15, 0.2) is 5.16 Å². The molecular formula is C17H18F3N3OS. The number of benzene rings is 1. The Labute approximate surface area is 148 Å². The van der Waals surface area contributed by atoms with E-state index in [0.29, 0.717) is 12.1 Å². The maximum absolute atomic E-state index is 13.1. The van der Waals surface area contributed by atoms with E-state index in [1.165, 1.54) is 0 Å². The summed E-state index contributed by atoms with van der Waals surface area (Å²) in [6.07, 6.45) is -3.81. The molecule has 134 valence electrons.